The molecule has 0 aliphatic rings. The van der Waals surface area contributed by atoms with Crippen molar-refractivity contribution < 1.29 is 0 Å². The molecule has 3 heterocycles. The van der Waals surface area contributed by atoms with Gasteiger partial charge in [0.05, 0.1) is 12.4 Å². The number of fused-ring (bicyclic) bond motifs is 1. The first kappa shape index (κ1) is 13.6. The molecular weight excluding hydrogens is 264 g/mol. The fourth-order valence-corrected chi connectivity index (χ4v) is 2.38. The molecular formula is C15H20N6. The van der Waals surface area contributed by atoms with Gasteiger partial charge in [-0.2, -0.15) is 14.7 Å². The molecule has 1 N–H and O–H groups in total. The van der Waals surface area contributed by atoms with Gasteiger partial charge in [0.25, 0.3) is 0 Å². The second kappa shape index (κ2) is 5.95. The first-order valence-corrected chi connectivity index (χ1v) is 7.31. The second-order valence-corrected chi connectivity index (χ2v) is 5.14. The van der Waals surface area contributed by atoms with Gasteiger partial charge in [0.2, 0.25) is 0 Å². The van der Waals surface area contributed by atoms with Crippen LogP contribution in [0.25, 0.3) is 5.65 Å². The molecule has 0 atom stereocenters. The van der Waals surface area contributed by atoms with E-state index in [4.69, 9.17) is 0 Å². The topological polar surface area (TPSA) is 60.0 Å². The molecule has 0 saturated heterocycles. The predicted molar refractivity (Wildman–Crippen MR) is 82.4 cm³/mol. The minimum atomic E-state index is 0.893. The Labute approximate surface area is 123 Å². The summed E-state index contributed by atoms with van der Waals surface area (Å²) < 4.78 is 3.69. The Kier molecular flexibility index (Phi) is 3.85. The lowest BCUT2D eigenvalue weighted by molar-refractivity contribution is 0.765. The van der Waals surface area contributed by atoms with Crippen molar-refractivity contribution in [2.45, 2.75) is 26.2 Å². The van der Waals surface area contributed by atoms with Gasteiger partial charge in [-0.05, 0) is 24.8 Å². The van der Waals surface area contributed by atoms with E-state index in [-0.39, 0.29) is 0 Å². The van der Waals surface area contributed by atoms with Gasteiger partial charge in [-0.25, -0.2) is 4.98 Å². The van der Waals surface area contributed by atoms with Crippen molar-refractivity contribution in [3.05, 3.63) is 42.0 Å². The summed E-state index contributed by atoms with van der Waals surface area (Å²) in [5.74, 6) is 1.01. The van der Waals surface area contributed by atoms with Gasteiger partial charge in [0.1, 0.15) is 5.82 Å². The number of nitrogens with one attached hydrogen (secondary N) is 1. The van der Waals surface area contributed by atoms with Crippen LogP contribution < -0.4 is 5.32 Å². The molecule has 0 spiro atoms. The molecule has 0 aliphatic carbocycles. The van der Waals surface area contributed by atoms with Crippen molar-refractivity contribution in [3.63, 3.8) is 0 Å². The maximum atomic E-state index is 4.54. The second-order valence-electron chi connectivity index (χ2n) is 5.14. The fourth-order valence-electron chi connectivity index (χ4n) is 2.38. The van der Waals surface area contributed by atoms with Gasteiger partial charge in [0, 0.05) is 37.6 Å². The van der Waals surface area contributed by atoms with Crippen molar-refractivity contribution >= 4 is 11.5 Å². The van der Waals surface area contributed by atoms with Gasteiger partial charge in [-0.1, -0.05) is 6.92 Å². The van der Waals surface area contributed by atoms with Gasteiger partial charge in [0.15, 0.2) is 5.65 Å². The van der Waals surface area contributed by atoms with Crippen LogP contribution in [0.5, 0.6) is 0 Å². The maximum Gasteiger partial charge on any atom is 0.157 e. The van der Waals surface area contributed by atoms with E-state index in [0.29, 0.717) is 0 Å². The third-order valence-corrected chi connectivity index (χ3v) is 3.48. The van der Waals surface area contributed by atoms with Gasteiger partial charge in [-0.15, -0.1) is 0 Å². The highest BCUT2D eigenvalue weighted by Gasteiger charge is 2.05. The molecule has 0 unspecified atom stereocenters. The van der Waals surface area contributed by atoms with E-state index in [1.54, 1.807) is 6.20 Å². The molecule has 110 valence electrons. The molecule has 21 heavy (non-hydrogen) atoms. The minimum Gasteiger partial charge on any atom is -0.370 e. The molecule has 6 heteroatoms. The summed E-state index contributed by atoms with van der Waals surface area (Å²) >= 11 is 0. The van der Waals surface area contributed by atoms with Crippen molar-refractivity contribution in [2.75, 3.05) is 11.9 Å². The summed E-state index contributed by atoms with van der Waals surface area (Å²) in [5.41, 5.74) is 3.24. The van der Waals surface area contributed by atoms with Gasteiger partial charge < -0.3 is 5.32 Å². The van der Waals surface area contributed by atoms with E-state index < -0.39 is 0 Å². The number of aryl methyl sites for hydroxylation is 3. The Balaban J connectivity index is 1.63. The lowest BCUT2D eigenvalue weighted by Gasteiger charge is -2.09. The first-order chi connectivity index (χ1) is 10.3. The zero-order valence-corrected chi connectivity index (χ0v) is 12.5. The van der Waals surface area contributed by atoms with Gasteiger partial charge in [-0.3, -0.25) is 4.68 Å². The van der Waals surface area contributed by atoms with Crippen LogP contribution in [0.3, 0.4) is 0 Å². The Hall–Kier alpha value is -2.37. The standard InChI is InChI=1S/C15H20N6/c1-3-13-9-15(21-14(19-13)6-8-17-21)16-7-4-5-12-10-18-20(2)11-12/h6,8-11,16H,3-5,7H2,1-2H3. The van der Waals surface area contributed by atoms with E-state index >= 15 is 0 Å². The van der Waals surface area contributed by atoms with E-state index in [2.05, 4.69) is 39.7 Å². The van der Waals surface area contributed by atoms with Crippen LogP contribution in [0, 0.1) is 0 Å². The van der Waals surface area contributed by atoms with Crippen LogP contribution in [0.15, 0.2) is 30.7 Å². The fraction of sp³-hybridized carbons (Fsp3) is 0.400. The Morgan fingerprint density at radius 1 is 1.29 bits per heavy atom. The smallest absolute Gasteiger partial charge is 0.157 e. The number of aromatic nitrogens is 5. The molecule has 0 radical (unpaired) electrons. The van der Waals surface area contributed by atoms with Gasteiger partial charge >= 0.3 is 0 Å². The summed E-state index contributed by atoms with van der Waals surface area (Å²) in [6.45, 7) is 3.01. The third kappa shape index (κ3) is 3.04. The van der Waals surface area contributed by atoms with Crippen LogP contribution in [0.2, 0.25) is 0 Å². The summed E-state index contributed by atoms with van der Waals surface area (Å²) in [6.07, 6.45) is 8.77. The van der Waals surface area contributed by atoms with E-state index in [9.17, 15) is 0 Å². The summed E-state index contributed by atoms with van der Waals surface area (Å²) in [6, 6.07) is 4.00. The molecule has 0 amide bonds. The monoisotopic (exact) mass is 284 g/mol. The van der Waals surface area contributed by atoms with E-state index in [0.717, 1.165) is 43.0 Å². The average molecular weight is 284 g/mol. The molecule has 3 aromatic rings. The Morgan fingerprint density at radius 3 is 2.95 bits per heavy atom. The van der Waals surface area contributed by atoms with Crippen LogP contribution in [0.4, 0.5) is 5.82 Å². The highest BCUT2D eigenvalue weighted by Crippen LogP contribution is 2.13. The Bertz CT molecular complexity index is 727. The normalized spacial score (nSPS) is 11.1. The number of hydrogen-bond donors (Lipinski definition) is 1. The highest BCUT2D eigenvalue weighted by molar-refractivity contribution is 5.49. The van der Waals surface area contributed by atoms with E-state index in [1.807, 2.05) is 28.5 Å². The SMILES string of the molecule is CCc1cc(NCCCc2cnn(C)c2)n2nccc2n1. The van der Waals surface area contributed by atoms with Crippen molar-refractivity contribution in [1.82, 2.24) is 24.4 Å². The van der Waals surface area contributed by atoms with Crippen molar-refractivity contribution in [1.29, 1.82) is 0 Å². The number of rotatable bonds is 6. The van der Waals surface area contributed by atoms with Crippen molar-refractivity contribution in [2.24, 2.45) is 7.05 Å². The minimum absolute atomic E-state index is 0.893. The molecule has 0 bridgehead atoms. The number of nitrogens with zero attached hydrogens (tertiary/aromatic N) is 5. The maximum absolute atomic E-state index is 4.54. The zero-order valence-electron chi connectivity index (χ0n) is 12.5. The predicted octanol–water partition coefficient (Wildman–Crippen LogP) is 2.07. The summed E-state index contributed by atoms with van der Waals surface area (Å²) in [5, 5.41) is 12.0. The molecule has 3 aromatic heterocycles. The molecule has 0 fully saturated rings. The van der Waals surface area contributed by atoms with Crippen LogP contribution in [-0.2, 0) is 19.9 Å². The molecule has 6 nitrogen and oxygen atoms in total. The lowest BCUT2D eigenvalue weighted by Crippen LogP contribution is -2.09. The van der Waals surface area contributed by atoms with Crippen LogP contribution >= 0.6 is 0 Å². The largest absolute Gasteiger partial charge is 0.370 e. The highest BCUT2D eigenvalue weighted by atomic mass is 15.3. The van der Waals surface area contributed by atoms with E-state index in [1.165, 1.54) is 5.56 Å². The average Bonchev–Trinajstić information content (AvgIpc) is 3.11. The molecule has 0 aliphatic heterocycles. The quantitative estimate of drug-likeness (QED) is 0.704. The zero-order chi connectivity index (χ0) is 14.7. The molecule has 0 aromatic carbocycles. The third-order valence-electron chi connectivity index (χ3n) is 3.48. The molecule has 3 rings (SSSR count). The number of anilines is 1. The first-order valence-electron chi connectivity index (χ1n) is 7.31. The lowest BCUT2D eigenvalue weighted by atomic mass is 10.2. The molecule has 0 saturated carbocycles. The summed E-state index contributed by atoms with van der Waals surface area (Å²) in [4.78, 5) is 4.54. The van der Waals surface area contributed by atoms with Crippen LogP contribution in [-0.4, -0.2) is 30.9 Å². The van der Waals surface area contributed by atoms with Crippen LogP contribution in [0.1, 0.15) is 24.6 Å². The number of hydrogen-bond acceptors (Lipinski definition) is 4. The Morgan fingerprint density at radius 2 is 2.19 bits per heavy atom. The van der Waals surface area contributed by atoms with Crippen molar-refractivity contribution in [3.8, 4) is 0 Å². The summed E-state index contributed by atoms with van der Waals surface area (Å²) in [7, 11) is 1.94.